The molecule has 1 heterocycles. The van der Waals surface area contributed by atoms with Gasteiger partial charge >= 0.3 is 0 Å². The summed E-state index contributed by atoms with van der Waals surface area (Å²) in [7, 11) is 0. The van der Waals surface area contributed by atoms with E-state index in [0.29, 0.717) is 6.04 Å². The summed E-state index contributed by atoms with van der Waals surface area (Å²) in [6.07, 6.45) is 4.62. The first-order valence-corrected chi connectivity index (χ1v) is 8.46. The number of nitrogens with zero attached hydrogens (tertiary/aromatic N) is 1. The van der Waals surface area contributed by atoms with E-state index in [1.165, 1.54) is 34.0 Å². The second kappa shape index (κ2) is 6.69. The number of aryl methyl sites for hydroxylation is 2. The second-order valence-corrected chi connectivity index (χ2v) is 6.90. The van der Waals surface area contributed by atoms with Crippen LogP contribution in [0, 0.1) is 6.92 Å². The minimum absolute atomic E-state index is 0.119. The van der Waals surface area contributed by atoms with Crippen LogP contribution in [0.4, 0.5) is 0 Å². The van der Waals surface area contributed by atoms with Crippen LogP contribution < -0.4 is 5.32 Å². The Labute approximate surface area is 130 Å². The molecule has 3 rings (SSSR count). The molecule has 3 nitrogen and oxygen atoms in total. The lowest BCUT2D eigenvalue weighted by Crippen LogP contribution is -2.26. The number of thiazole rings is 1. The molecule has 0 saturated carbocycles. The van der Waals surface area contributed by atoms with Gasteiger partial charge in [0.05, 0.1) is 17.3 Å². The zero-order valence-electron chi connectivity index (χ0n) is 12.4. The van der Waals surface area contributed by atoms with Crippen molar-refractivity contribution in [3.05, 3.63) is 51.0 Å². The van der Waals surface area contributed by atoms with Gasteiger partial charge in [0.15, 0.2) is 0 Å². The van der Waals surface area contributed by atoms with Gasteiger partial charge < -0.3 is 10.4 Å². The average molecular weight is 302 g/mol. The molecule has 0 amide bonds. The molecular weight excluding hydrogens is 280 g/mol. The maximum absolute atomic E-state index is 9.05. The number of rotatable bonds is 5. The summed E-state index contributed by atoms with van der Waals surface area (Å²) in [5, 5.41) is 13.9. The predicted octanol–water partition coefficient (Wildman–Crippen LogP) is 3.15. The van der Waals surface area contributed by atoms with Crippen molar-refractivity contribution in [2.75, 3.05) is 6.54 Å². The molecule has 4 heteroatoms. The molecule has 1 aromatic heterocycles. The van der Waals surface area contributed by atoms with Gasteiger partial charge in [0, 0.05) is 10.9 Å². The maximum Gasteiger partial charge on any atom is 0.0900 e. The van der Waals surface area contributed by atoms with Crippen LogP contribution in [0.15, 0.2) is 24.3 Å². The lowest BCUT2D eigenvalue weighted by atomic mass is 9.98. The van der Waals surface area contributed by atoms with Crippen LogP contribution in [0.3, 0.4) is 0 Å². The standard InChI is InChI=1S/C17H22N2OS/c1-12-19-16-4-2-3-15(17(16)21-12)18-10-9-13-5-7-14(11-20)8-6-13/h5-8,15,18,20H,2-4,9-11H2,1H3. The van der Waals surface area contributed by atoms with Crippen molar-refractivity contribution in [1.29, 1.82) is 0 Å². The fraction of sp³-hybridized carbons (Fsp3) is 0.471. The lowest BCUT2D eigenvalue weighted by molar-refractivity contribution is 0.282. The van der Waals surface area contributed by atoms with E-state index in [9.17, 15) is 0 Å². The van der Waals surface area contributed by atoms with E-state index in [1.54, 1.807) is 0 Å². The van der Waals surface area contributed by atoms with Crippen LogP contribution in [0.2, 0.25) is 0 Å². The number of hydrogen-bond donors (Lipinski definition) is 2. The van der Waals surface area contributed by atoms with Gasteiger partial charge in [-0.3, -0.25) is 0 Å². The summed E-state index contributed by atoms with van der Waals surface area (Å²) >= 11 is 1.85. The molecule has 0 spiro atoms. The Morgan fingerprint density at radius 1 is 1.29 bits per heavy atom. The highest BCUT2D eigenvalue weighted by atomic mass is 32.1. The van der Waals surface area contributed by atoms with Crippen molar-refractivity contribution < 1.29 is 5.11 Å². The first-order valence-electron chi connectivity index (χ1n) is 7.64. The molecule has 0 fully saturated rings. The number of aromatic nitrogens is 1. The first-order chi connectivity index (χ1) is 10.3. The Balaban J connectivity index is 1.56. The molecule has 1 atom stereocenters. The number of aliphatic hydroxyl groups is 1. The SMILES string of the molecule is Cc1nc2c(s1)C(NCCc1ccc(CO)cc1)CCC2. The number of fused-ring (bicyclic) bond motifs is 1. The summed E-state index contributed by atoms with van der Waals surface area (Å²) in [5.41, 5.74) is 3.61. The number of benzene rings is 1. The van der Waals surface area contributed by atoms with E-state index in [-0.39, 0.29) is 6.61 Å². The van der Waals surface area contributed by atoms with Gasteiger partial charge in [-0.05, 0) is 50.3 Å². The molecule has 1 unspecified atom stereocenters. The van der Waals surface area contributed by atoms with Crippen LogP contribution in [0.1, 0.15) is 45.6 Å². The van der Waals surface area contributed by atoms with Gasteiger partial charge in [-0.25, -0.2) is 4.98 Å². The summed E-state index contributed by atoms with van der Waals surface area (Å²) in [6, 6.07) is 8.70. The van der Waals surface area contributed by atoms with Crippen LogP contribution in [-0.4, -0.2) is 16.6 Å². The Bertz CT molecular complexity index is 591. The van der Waals surface area contributed by atoms with Gasteiger partial charge in [-0.15, -0.1) is 11.3 Å². The second-order valence-electron chi connectivity index (χ2n) is 5.67. The van der Waals surface area contributed by atoms with Crippen molar-refractivity contribution in [2.45, 2.75) is 45.3 Å². The largest absolute Gasteiger partial charge is 0.392 e. The first kappa shape index (κ1) is 14.7. The van der Waals surface area contributed by atoms with Gasteiger partial charge in [0.25, 0.3) is 0 Å². The normalized spacial score (nSPS) is 17.7. The quantitative estimate of drug-likeness (QED) is 0.892. The molecule has 1 aliphatic rings. The molecule has 1 aliphatic carbocycles. The van der Waals surface area contributed by atoms with Gasteiger partial charge in [-0.1, -0.05) is 24.3 Å². The van der Waals surface area contributed by atoms with Crippen molar-refractivity contribution in [1.82, 2.24) is 10.3 Å². The van der Waals surface area contributed by atoms with Gasteiger partial charge in [0.1, 0.15) is 0 Å². The smallest absolute Gasteiger partial charge is 0.0900 e. The predicted molar refractivity (Wildman–Crippen MR) is 86.6 cm³/mol. The fourth-order valence-corrected chi connectivity index (χ4v) is 4.02. The molecule has 2 N–H and O–H groups in total. The minimum Gasteiger partial charge on any atom is -0.392 e. The molecular formula is C17H22N2OS. The van der Waals surface area contributed by atoms with E-state index < -0.39 is 0 Å². The monoisotopic (exact) mass is 302 g/mol. The zero-order valence-corrected chi connectivity index (χ0v) is 13.2. The zero-order chi connectivity index (χ0) is 14.7. The Morgan fingerprint density at radius 2 is 2.05 bits per heavy atom. The highest BCUT2D eigenvalue weighted by molar-refractivity contribution is 7.11. The number of aliphatic hydroxyl groups excluding tert-OH is 1. The Hall–Kier alpha value is -1.23. The summed E-state index contributed by atoms with van der Waals surface area (Å²) in [4.78, 5) is 6.09. The highest BCUT2D eigenvalue weighted by Crippen LogP contribution is 2.33. The van der Waals surface area contributed by atoms with Gasteiger partial charge in [0.2, 0.25) is 0 Å². The fourth-order valence-electron chi connectivity index (χ4n) is 2.94. The number of nitrogens with one attached hydrogen (secondary N) is 1. The maximum atomic E-state index is 9.05. The van der Waals surface area contributed by atoms with E-state index in [2.05, 4.69) is 29.4 Å². The minimum atomic E-state index is 0.119. The van der Waals surface area contributed by atoms with Gasteiger partial charge in [-0.2, -0.15) is 0 Å². The van der Waals surface area contributed by atoms with E-state index in [0.717, 1.165) is 24.9 Å². The highest BCUT2D eigenvalue weighted by Gasteiger charge is 2.23. The Kier molecular flexibility index (Phi) is 4.68. The lowest BCUT2D eigenvalue weighted by Gasteiger charge is -2.22. The molecule has 0 radical (unpaired) electrons. The third-order valence-corrected chi connectivity index (χ3v) is 5.19. The van der Waals surface area contributed by atoms with Crippen LogP contribution in [-0.2, 0) is 19.4 Å². The van der Waals surface area contributed by atoms with E-state index in [1.807, 2.05) is 23.5 Å². The van der Waals surface area contributed by atoms with Crippen LogP contribution in [0.5, 0.6) is 0 Å². The molecule has 1 aromatic carbocycles. The molecule has 0 saturated heterocycles. The van der Waals surface area contributed by atoms with Crippen LogP contribution in [0.25, 0.3) is 0 Å². The van der Waals surface area contributed by atoms with Crippen molar-refractivity contribution >= 4 is 11.3 Å². The molecule has 21 heavy (non-hydrogen) atoms. The van der Waals surface area contributed by atoms with Crippen molar-refractivity contribution in [3.63, 3.8) is 0 Å². The van der Waals surface area contributed by atoms with Crippen molar-refractivity contribution in [2.24, 2.45) is 0 Å². The van der Waals surface area contributed by atoms with E-state index in [4.69, 9.17) is 5.11 Å². The average Bonchev–Trinajstić information content (AvgIpc) is 2.89. The summed E-state index contributed by atoms with van der Waals surface area (Å²) < 4.78 is 0. The topological polar surface area (TPSA) is 45.2 Å². The summed E-state index contributed by atoms with van der Waals surface area (Å²) in [5.74, 6) is 0. The number of hydrogen-bond acceptors (Lipinski definition) is 4. The Morgan fingerprint density at radius 3 is 2.81 bits per heavy atom. The summed E-state index contributed by atoms with van der Waals surface area (Å²) in [6.45, 7) is 3.20. The third-order valence-electron chi connectivity index (χ3n) is 4.07. The molecule has 0 bridgehead atoms. The molecule has 112 valence electrons. The molecule has 2 aromatic rings. The molecule has 0 aliphatic heterocycles. The third kappa shape index (κ3) is 3.51. The van der Waals surface area contributed by atoms with Crippen molar-refractivity contribution in [3.8, 4) is 0 Å². The van der Waals surface area contributed by atoms with Crippen LogP contribution >= 0.6 is 11.3 Å². The van der Waals surface area contributed by atoms with E-state index >= 15 is 0 Å².